The molecule has 0 aliphatic carbocycles. The normalized spacial score (nSPS) is 10.4. The fraction of sp³-hybridized carbons (Fsp3) is 0.250. The van der Waals surface area contributed by atoms with Crippen LogP contribution in [0.1, 0.15) is 17.0 Å². The zero-order valence-corrected chi connectivity index (χ0v) is 9.45. The van der Waals surface area contributed by atoms with Crippen LogP contribution in [0, 0.1) is 13.8 Å². The van der Waals surface area contributed by atoms with Crippen LogP contribution in [-0.4, -0.2) is 5.16 Å². The molecule has 1 heterocycles. The van der Waals surface area contributed by atoms with E-state index < -0.39 is 0 Å². The van der Waals surface area contributed by atoms with Crippen LogP contribution in [-0.2, 0) is 6.54 Å². The van der Waals surface area contributed by atoms with Gasteiger partial charge in [-0.2, -0.15) is 0 Å². The highest BCUT2D eigenvalue weighted by Gasteiger charge is 2.04. The Hall–Kier alpha value is -1.97. The Morgan fingerprint density at radius 3 is 2.81 bits per heavy atom. The molecule has 0 aliphatic rings. The first-order valence-electron chi connectivity index (χ1n) is 5.18. The molecule has 16 heavy (non-hydrogen) atoms. The third kappa shape index (κ3) is 2.16. The number of rotatable bonds is 3. The second-order valence-corrected chi connectivity index (χ2v) is 3.83. The fourth-order valence-electron chi connectivity index (χ4n) is 1.61. The highest BCUT2D eigenvalue weighted by atomic mass is 16.5. The second-order valence-electron chi connectivity index (χ2n) is 3.83. The molecule has 0 aliphatic heterocycles. The number of benzene rings is 1. The van der Waals surface area contributed by atoms with Gasteiger partial charge in [-0.3, -0.25) is 0 Å². The van der Waals surface area contributed by atoms with Crippen LogP contribution < -0.4 is 11.1 Å². The Morgan fingerprint density at radius 2 is 2.19 bits per heavy atom. The van der Waals surface area contributed by atoms with Crippen molar-refractivity contribution in [3.8, 4) is 0 Å². The van der Waals surface area contributed by atoms with Crippen molar-refractivity contribution >= 4 is 11.4 Å². The third-order valence-electron chi connectivity index (χ3n) is 2.42. The summed E-state index contributed by atoms with van der Waals surface area (Å²) in [7, 11) is 0. The maximum absolute atomic E-state index is 5.88. The van der Waals surface area contributed by atoms with E-state index in [9.17, 15) is 0 Å². The summed E-state index contributed by atoms with van der Waals surface area (Å²) in [6.07, 6.45) is 0. The fourth-order valence-corrected chi connectivity index (χ4v) is 1.61. The summed E-state index contributed by atoms with van der Waals surface area (Å²) in [5, 5.41) is 7.08. The van der Waals surface area contributed by atoms with Gasteiger partial charge in [0.05, 0.1) is 23.6 Å². The minimum absolute atomic E-state index is 0.593. The van der Waals surface area contributed by atoms with E-state index in [1.54, 1.807) is 0 Å². The molecule has 0 spiro atoms. The largest absolute Gasteiger partial charge is 0.397 e. The summed E-state index contributed by atoms with van der Waals surface area (Å²) in [5.74, 6) is 0.806. The molecule has 0 atom stereocenters. The van der Waals surface area contributed by atoms with Gasteiger partial charge in [0.15, 0.2) is 5.76 Å². The van der Waals surface area contributed by atoms with Crippen molar-refractivity contribution < 1.29 is 4.52 Å². The molecule has 4 heteroatoms. The topological polar surface area (TPSA) is 64.1 Å². The number of nitrogens with zero attached hydrogens (tertiary/aromatic N) is 1. The van der Waals surface area contributed by atoms with E-state index in [0.717, 1.165) is 28.4 Å². The molecule has 3 N–H and O–H groups in total. The summed E-state index contributed by atoms with van der Waals surface area (Å²) in [4.78, 5) is 0. The van der Waals surface area contributed by atoms with Crippen LogP contribution in [0.5, 0.6) is 0 Å². The molecular formula is C12H15N3O. The molecule has 84 valence electrons. The molecule has 0 fully saturated rings. The predicted molar refractivity (Wildman–Crippen MR) is 64.2 cm³/mol. The van der Waals surface area contributed by atoms with Crippen LogP contribution in [0.2, 0.25) is 0 Å². The van der Waals surface area contributed by atoms with E-state index in [1.807, 2.05) is 38.1 Å². The van der Waals surface area contributed by atoms with E-state index in [-0.39, 0.29) is 0 Å². The molecule has 4 nitrogen and oxygen atoms in total. The lowest BCUT2D eigenvalue weighted by molar-refractivity contribution is 0.384. The zero-order chi connectivity index (χ0) is 11.5. The van der Waals surface area contributed by atoms with Gasteiger partial charge in [0, 0.05) is 6.07 Å². The van der Waals surface area contributed by atoms with Gasteiger partial charge >= 0.3 is 0 Å². The van der Waals surface area contributed by atoms with E-state index >= 15 is 0 Å². The molecule has 0 unspecified atom stereocenters. The maximum atomic E-state index is 5.88. The first-order chi connectivity index (χ1) is 7.66. The van der Waals surface area contributed by atoms with Crippen LogP contribution in [0.4, 0.5) is 11.4 Å². The lowest BCUT2D eigenvalue weighted by Crippen LogP contribution is -2.03. The lowest BCUT2D eigenvalue weighted by atomic mass is 10.1. The summed E-state index contributed by atoms with van der Waals surface area (Å²) >= 11 is 0. The van der Waals surface area contributed by atoms with Crippen LogP contribution >= 0.6 is 0 Å². The Labute approximate surface area is 94.4 Å². The van der Waals surface area contributed by atoms with Crippen LogP contribution in [0.3, 0.4) is 0 Å². The van der Waals surface area contributed by atoms with Crippen molar-refractivity contribution in [3.63, 3.8) is 0 Å². The Morgan fingerprint density at radius 1 is 1.38 bits per heavy atom. The van der Waals surface area contributed by atoms with Crippen LogP contribution in [0.25, 0.3) is 0 Å². The molecule has 1 aromatic carbocycles. The van der Waals surface area contributed by atoms with Gasteiger partial charge in [0.25, 0.3) is 0 Å². The number of nitrogens with one attached hydrogen (secondary N) is 1. The highest BCUT2D eigenvalue weighted by Crippen LogP contribution is 2.23. The van der Waals surface area contributed by atoms with Crippen molar-refractivity contribution in [2.75, 3.05) is 11.1 Å². The Bertz CT molecular complexity index is 471. The average Bonchev–Trinajstić information content (AvgIpc) is 2.63. The smallest absolute Gasteiger partial charge is 0.156 e. The van der Waals surface area contributed by atoms with Gasteiger partial charge in [0.2, 0.25) is 0 Å². The summed E-state index contributed by atoms with van der Waals surface area (Å²) in [5.41, 5.74) is 9.59. The molecule has 0 bridgehead atoms. The number of hydrogen-bond acceptors (Lipinski definition) is 4. The van der Waals surface area contributed by atoms with Crippen molar-refractivity contribution in [3.05, 3.63) is 41.3 Å². The zero-order valence-electron chi connectivity index (χ0n) is 9.45. The third-order valence-corrected chi connectivity index (χ3v) is 2.42. The van der Waals surface area contributed by atoms with E-state index in [2.05, 4.69) is 10.5 Å². The predicted octanol–water partition coefficient (Wildman–Crippen LogP) is 2.49. The first-order valence-corrected chi connectivity index (χ1v) is 5.18. The molecule has 0 radical (unpaired) electrons. The van der Waals surface area contributed by atoms with Gasteiger partial charge in [-0.05, 0) is 25.5 Å². The van der Waals surface area contributed by atoms with Gasteiger partial charge in [-0.25, -0.2) is 0 Å². The summed E-state index contributed by atoms with van der Waals surface area (Å²) < 4.78 is 5.11. The quantitative estimate of drug-likeness (QED) is 0.775. The lowest BCUT2D eigenvalue weighted by Gasteiger charge is -2.10. The summed E-state index contributed by atoms with van der Waals surface area (Å²) in [6, 6.07) is 7.74. The van der Waals surface area contributed by atoms with Crippen molar-refractivity contribution in [1.82, 2.24) is 5.16 Å². The molecule has 0 saturated carbocycles. The Kier molecular flexibility index (Phi) is 2.81. The van der Waals surface area contributed by atoms with E-state index in [4.69, 9.17) is 10.3 Å². The number of aromatic nitrogens is 1. The maximum Gasteiger partial charge on any atom is 0.156 e. The summed E-state index contributed by atoms with van der Waals surface area (Å²) in [6.45, 7) is 4.51. The minimum Gasteiger partial charge on any atom is -0.397 e. The minimum atomic E-state index is 0.593. The Balaban J connectivity index is 2.10. The molecule has 0 saturated heterocycles. The number of para-hydroxylation sites is 1. The van der Waals surface area contributed by atoms with E-state index in [0.29, 0.717) is 6.54 Å². The van der Waals surface area contributed by atoms with Crippen molar-refractivity contribution in [1.29, 1.82) is 0 Å². The van der Waals surface area contributed by atoms with Crippen LogP contribution in [0.15, 0.2) is 28.8 Å². The molecule has 1 aromatic heterocycles. The standard InChI is InChI=1S/C12H15N3O/c1-8-4-3-5-11(13)12(8)14-7-10-6-9(2)15-16-10/h3-6,14H,7,13H2,1-2H3. The number of hydrogen-bond donors (Lipinski definition) is 2. The number of nitrogens with two attached hydrogens (primary N) is 1. The molecule has 2 rings (SSSR count). The van der Waals surface area contributed by atoms with E-state index in [1.165, 1.54) is 0 Å². The average molecular weight is 217 g/mol. The number of aryl methyl sites for hydroxylation is 2. The number of nitrogen functional groups attached to an aromatic ring is 1. The van der Waals surface area contributed by atoms with Gasteiger partial charge in [-0.1, -0.05) is 17.3 Å². The van der Waals surface area contributed by atoms with Gasteiger partial charge in [-0.15, -0.1) is 0 Å². The molecule has 2 aromatic rings. The first kappa shape index (κ1) is 10.5. The monoisotopic (exact) mass is 217 g/mol. The molecular weight excluding hydrogens is 202 g/mol. The second kappa shape index (κ2) is 4.26. The van der Waals surface area contributed by atoms with Crippen molar-refractivity contribution in [2.45, 2.75) is 20.4 Å². The molecule has 0 amide bonds. The van der Waals surface area contributed by atoms with Crippen molar-refractivity contribution in [2.24, 2.45) is 0 Å². The van der Waals surface area contributed by atoms with Gasteiger partial charge < -0.3 is 15.6 Å². The number of anilines is 2. The SMILES string of the molecule is Cc1cc(CNc2c(C)cccc2N)on1. The van der Waals surface area contributed by atoms with Gasteiger partial charge in [0.1, 0.15) is 0 Å². The highest BCUT2D eigenvalue weighted by molar-refractivity contribution is 5.69.